The maximum Gasteiger partial charge on any atom is 0.226 e. The second-order valence-electron chi connectivity index (χ2n) is 8.58. The van der Waals surface area contributed by atoms with Crippen molar-refractivity contribution in [2.75, 3.05) is 26.7 Å². The van der Waals surface area contributed by atoms with Crippen molar-refractivity contribution >= 4 is 11.8 Å². The Hall–Kier alpha value is -2.30. The number of hydrogen-bond acceptors (Lipinski definition) is 3. The van der Waals surface area contributed by atoms with Crippen molar-refractivity contribution in [2.24, 2.45) is 11.3 Å². The lowest BCUT2D eigenvalue weighted by Crippen LogP contribution is -2.46. The fourth-order valence-electron chi connectivity index (χ4n) is 4.93. The predicted octanol–water partition coefficient (Wildman–Crippen LogP) is 3.39. The van der Waals surface area contributed by atoms with Crippen LogP contribution < -0.4 is 4.74 Å². The van der Waals surface area contributed by atoms with E-state index in [4.69, 9.17) is 4.74 Å². The molecule has 0 saturated carbocycles. The van der Waals surface area contributed by atoms with Crippen LogP contribution in [0.3, 0.4) is 0 Å². The molecule has 1 aromatic carbocycles. The average Bonchev–Trinajstić information content (AvgIpc) is 3.03. The minimum absolute atomic E-state index is 0.0409. The van der Waals surface area contributed by atoms with Gasteiger partial charge in [-0.2, -0.15) is 0 Å². The summed E-state index contributed by atoms with van der Waals surface area (Å²) in [6.45, 7) is 3.02. The Bertz CT molecular complexity index is 765. The first-order chi connectivity index (χ1) is 13.6. The van der Waals surface area contributed by atoms with Gasteiger partial charge in [-0.15, -0.1) is 0 Å². The Morgan fingerprint density at radius 1 is 1.25 bits per heavy atom. The number of piperidine rings is 1. The molecule has 1 atom stereocenters. The van der Waals surface area contributed by atoms with Gasteiger partial charge in [0.25, 0.3) is 0 Å². The quantitative estimate of drug-likeness (QED) is 0.750. The van der Waals surface area contributed by atoms with Crippen LogP contribution in [-0.4, -0.2) is 48.4 Å². The molecule has 0 aromatic heterocycles. The fraction of sp³-hybridized carbons (Fsp3) is 0.565. The van der Waals surface area contributed by atoms with Crippen molar-refractivity contribution in [1.29, 1.82) is 0 Å². The molecular weight excluding hydrogens is 352 g/mol. The van der Waals surface area contributed by atoms with Crippen molar-refractivity contribution in [3.05, 3.63) is 42.0 Å². The number of benzene rings is 1. The van der Waals surface area contributed by atoms with E-state index in [0.717, 1.165) is 63.1 Å². The number of methoxy groups -OCH3 is 1. The molecule has 2 fully saturated rings. The summed E-state index contributed by atoms with van der Waals surface area (Å²) in [5, 5.41) is 0. The van der Waals surface area contributed by atoms with Gasteiger partial charge in [-0.3, -0.25) is 9.59 Å². The Labute approximate surface area is 167 Å². The van der Waals surface area contributed by atoms with Crippen molar-refractivity contribution in [3.63, 3.8) is 0 Å². The predicted molar refractivity (Wildman–Crippen MR) is 108 cm³/mol. The van der Waals surface area contributed by atoms with Gasteiger partial charge in [0.2, 0.25) is 11.8 Å². The normalized spacial score (nSPS) is 24.0. The van der Waals surface area contributed by atoms with Crippen LogP contribution in [-0.2, 0) is 16.1 Å². The maximum atomic E-state index is 12.8. The van der Waals surface area contributed by atoms with E-state index in [1.165, 1.54) is 0 Å². The highest BCUT2D eigenvalue weighted by atomic mass is 16.5. The lowest BCUT2D eigenvalue weighted by molar-refractivity contribution is -0.138. The number of amides is 2. The van der Waals surface area contributed by atoms with Crippen LogP contribution in [0.2, 0.25) is 0 Å². The van der Waals surface area contributed by atoms with Gasteiger partial charge in [-0.05, 0) is 49.8 Å². The molecule has 150 valence electrons. The fourth-order valence-corrected chi connectivity index (χ4v) is 4.93. The zero-order chi connectivity index (χ0) is 19.6. The molecule has 1 spiro atoms. The Balaban J connectivity index is 1.34. The highest BCUT2D eigenvalue weighted by Crippen LogP contribution is 2.42. The molecule has 2 saturated heterocycles. The van der Waals surface area contributed by atoms with Crippen molar-refractivity contribution in [3.8, 4) is 5.75 Å². The molecule has 0 radical (unpaired) electrons. The van der Waals surface area contributed by atoms with Crippen LogP contribution >= 0.6 is 0 Å². The third kappa shape index (κ3) is 3.94. The van der Waals surface area contributed by atoms with Gasteiger partial charge >= 0.3 is 0 Å². The van der Waals surface area contributed by atoms with Gasteiger partial charge in [0.15, 0.2) is 0 Å². The van der Waals surface area contributed by atoms with E-state index in [9.17, 15) is 9.59 Å². The molecule has 2 amide bonds. The summed E-state index contributed by atoms with van der Waals surface area (Å²) in [5.74, 6) is 1.54. The molecule has 5 heteroatoms. The number of carbonyl (C=O) groups excluding carboxylic acids is 2. The summed E-state index contributed by atoms with van der Waals surface area (Å²) in [6, 6.07) is 7.93. The first-order valence-corrected chi connectivity index (χ1v) is 10.4. The summed E-state index contributed by atoms with van der Waals surface area (Å²) in [6.07, 6.45) is 9.67. The van der Waals surface area contributed by atoms with Crippen molar-refractivity contribution in [1.82, 2.24) is 9.80 Å². The zero-order valence-electron chi connectivity index (χ0n) is 16.7. The minimum atomic E-state index is 0.0409. The monoisotopic (exact) mass is 382 g/mol. The summed E-state index contributed by atoms with van der Waals surface area (Å²) >= 11 is 0. The molecule has 28 heavy (non-hydrogen) atoms. The maximum absolute atomic E-state index is 12.8. The first-order valence-electron chi connectivity index (χ1n) is 10.4. The molecule has 2 aliphatic heterocycles. The molecule has 1 aromatic rings. The Kier molecular flexibility index (Phi) is 5.42. The van der Waals surface area contributed by atoms with Gasteiger partial charge in [0.1, 0.15) is 5.75 Å². The second-order valence-corrected chi connectivity index (χ2v) is 8.58. The summed E-state index contributed by atoms with van der Waals surface area (Å²) in [5.41, 5.74) is 1.14. The number of likely N-dealkylation sites (tertiary alicyclic amines) is 2. The van der Waals surface area contributed by atoms with Crippen LogP contribution in [0.1, 0.15) is 44.1 Å². The van der Waals surface area contributed by atoms with E-state index >= 15 is 0 Å². The minimum Gasteiger partial charge on any atom is -0.497 e. The average molecular weight is 383 g/mol. The molecule has 0 bridgehead atoms. The highest BCUT2D eigenvalue weighted by molar-refractivity contribution is 5.81. The third-order valence-corrected chi connectivity index (χ3v) is 6.67. The van der Waals surface area contributed by atoms with Crippen LogP contribution in [0.25, 0.3) is 0 Å². The first kappa shape index (κ1) is 19.0. The molecule has 2 heterocycles. The van der Waals surface area contributed by atoms with Gasteiger partial charge in [-0.1, -0.05) is 24.3 Å². The van der Waals surface area contributed by atoms with Crippen LogP contribution in [0.4, 0.5) is 0 Å². The van der Waals surface area contributed by atoms with Crippen LogP contribution in [0.15, 0.2) is 36.4 Å². The summed E-state index contributed by atoms with van der Waals surface area (Å²) in [4.78, 5) is 29.5. The molecule has 4 rings (SSSR count). The Morgan fingerprint density at radius 3 is 2.79 bits per heavy atom. The molecular formula is C23H30N2O3. The van der Waals surface area contributed by atoms with E-state index in [0.29, 0.717) is 18.9 Å². The number of rotatable bonds is 4. The van der Waals surface area contributed by atoms with Gasteiger partial charge in [0, 0.05) is 43.9 Å². The number of allylic oxidation sites excluding steroid dienone is 2. The SMILES string of the molecule is COc1cccc(CN2CC3(CCN(C(=O)[C@H]4CC=CCC4)CC3)CC2=O)c1. The van der Waals surface area contributed by atoms with Gasteiger partial charge in [0.05, 0.1) is 7.11 Å². The van der Waals surface area contributed by atoms with Gasteiger partial charge < -0.3 is 14.5 Å². The largest absolute Gasteiger partial charge is 0.497 e. The zero-order valence-corrected chi connectivity index (χ0v) is 16.7. The molecule has 0 unspecified atom stereocenters. The van der Waals surface area contributed by atoms with E-state index in [-0.39, 0.29) is 17.2 Å². The molecule has 0 N–H and O–H groups in total. The summed E-state index contributed by atoms with van der Waals surface area (Å²) < 4.78 is 5.30. The number of hydrogen-bond donors (Lipinski definition) is 0. The van der Waals surface area contributed by atoms with E-state index in [2.05, 4.69) is 12.2 Å². The Morgan fingerprint density at radius 2 is 2.07 bits per heavy atom. The number of carbonyl (C=O) groups is 2. The van der Waals surface area contributed by atoms with Crippen molar-refractivity contribution in [2.45, 2.75) is 45.1 Å². The number of ether oxygens (including phenoxy) is 1. The smallest absolute Gasteiger partial charge is 0.226 e. The van der Waals surface area contributed by atoms with Crippen molar-refractivity contribution < 1.29 is 14.3 Å². The molecule has 3 aliphatic rings. The highest BCUT2D eigenvalue weighted by Gasteiger charge is 2.45. The second kappa shape index (κ2) is 7.98. The lowest BCUT2D eigenvalue weighted by atomic mass is 9.77. The number of nitrogens with zero attached hydrogens (tertiary/aromatic N) is 2. The van der Waals surface area contributed by atoms with Crippen LogP contribution in [0.5, 0.6) is 5.75 Å². The summed E-state index contributed by atoms with van der Waals surface area (Å²) in [7, 11) is 1.66. The molecule has 5 nitrogen and oxygen atoms in total. The molecule has 1 aliphatic carbocycles. The third-order valence-electron chi connectivity index (χ3n) is 6.67. The standard InChI is InChI=1S/C23H30N2O3/c1-28-20-9-5-6-18(14-20)16-25-17-23(15-21(25)26)10-12-24(13-11-23)22(27)19-7-3-2-4-8-19/h2-3,5-6,9,14,19H,4,7-8,10-13,15-17H2,1H3/t19-/m0/s1. The van der Waals surface area contributed by atoms with Crippen LogP contribution in [0, 0.1) is 11.3 Å². The topological polar surface area (TPSA) is 49.9 Å². The van der Waals surface area contributed by atoms with E-state index < -0.39 is 0 Å². The van der Waals surface area contributed by atoms with Gasteiger partial charge in [-0.25, -0.2) is 0 Å². The van der Waals surface area contributed by atoms with E-state index in [1.54, 1.807) is 7.11 Å². The van der Waals surface area contributed by atoms with E-state index in [1.807, 2.05) is 34.1 Å². The lowest BCUT2D eigenvalue weighted by Gasteiger charge is -2.40.